The highest BCUT2D eigenvalue weighted by atomic mass is 16.5. The van der Waals surface area contributed by atoms with Crippen LogP contribution >= 0.6 is 0 Å². The molecule has 3 unspecified atom stereocenters. The Morgan fingerprint density at radius 1 is 0.731 bits per heavy atom. The second-order valence-electron chi connectivity index (χ2n) is 12.8. The second-order valence-corrected chi connectivity index (χ2v) is 12.8. The minimum atomic E-state index is -0.547. The van der Waals surface area contributed by atoms with Gasteiger partial charge in [-0.05, 0) is 42.2 Å². The lowest BCUT2D eigenvalue weighted by molar-refractivity contribution is -0.136. The molecule has 286 valence electrons. The molecule has 3 aliphatic heterocycles. The van der Waals surface area contributed by atoms with E-state index in [2.05, 4.69) is 35.8 Å². The zero-order valence-corrected chi connectivity index (χ0v) is 31.1. The van der Waals surface area contributed by atoms with Crippen molar-refractivity contribution in [1.82, 2.24) is 50.5 Å². The first kappa shape index (κ1) is 40.3. The Morgan fingerprint density at radius 2 is 1.12 bits per heavy atom. The Labute approximate surface area is 303 Å². The molecule has 3 amide bonds. The van der Waals surface area contributed by atoms with Gasteiger partial charge in [-0.2, -0.15) is 0 Å². The number of fused-ring (bicyclic) bond motifs is 3. The molecule has 18 heteroatoms. The summed E-state index contributed by atoms with van der Waals surface area (Å²) in [6.45, 7) is 6.18. The lowest BCUT2D eigenvalue weighted by Gasteiger charge is -2.25. The van der Waals surface area contributed by atoms with Gasteiger partial charge in [0.05, 0.1) is 30.2 Å². The summed E-state index contributed by atoms with van der Waals surface area (Å²) in [7, 11) is 10.8. The normalized spacial score (nSPS) is 20.1. The van der Waals surface area contributed by atoms with E-state index in [-0.39, 0.29) is 30.0 Å². The predicted octanol–water partition coefficient (Wildman–Crippen LogP) is -0.244. The van der Waals surface area contributed by atoms with Gasteiger partial charge in [-0.3, -0.25) is 19.2 Å². The van der Waals surface area contributed by atoms with Crippen LogP contribution in [0.4, 0.5) is 0 Å². The smallest absolute Gasteiger partial charge is 0.248 e. The van der Waals surface area contributed by atoms with Crippen molar-refractivity contribution in [2.75, 3.05) is 94.8 Å². The predicted molar refractivity (Wildman–Crippen MR) is 187 cm³/mol. The average molecular weight is 729 g/mol. The van der Waals surface area contributed by atoms with Crippen molar-refractivity contribution in [2.24, 2.45) is 0 Å². The van der Waals surface area contributed by atoms with Crippen LogP contribution in [0.25, 0.3) is 0 Å². The molecule has 3 aromatic heterocycles. The molecule has 0 saturated carbocycles. The van der Waals surface area contributed by atoms with E-state index in [1.165, 1.54) is 26.1 Å². The summed E-state index contributed by atoms with van der Waals surface area (Å²) >= 11 is 0. The summed E-state index contributed by atoms with van der Waals surface area (Å²) < 4.78 is 20.9. The summed E-state index contributed by atoms with van der Waals surface area (Å²) in [5.41, 5.74) is 2.52. The molecule has 0 aromatic carbocycles. The van der Waals surface area contributed by atoms with E-state index < -0.39 is 18.1 Å². The maximum absolute atomic E-state index is 12.4. The summed E-state index contributed by atoms with van der Waals surface area (Å²) in [6, 6.07) is -1.40. The summed E-state index contributed by atoms with van der Waals surface area (Å²) in [5, 5.41) is 8.89. The van der Waals surface area contributed by atoms with Gasteiger partial charge < -0.3 is 53.5 Å². The number of carbonyl (C=O) groups is 4. The third kappa shape index (κ3) is 9.88. The van der Waals surface area contributed by atoms with E-state index in [9.17, 15) is 19.2 Å². The van der Waals surface area contributed by atoms with Gasteiger partial charge in [-0.1, -0.05) is 0 Å². The highest BCUT2D eigenvalue weighted by Crippen LogP contribution is 2.25. The lowest BCUT2D eigenvalue weighted by Crippen LogP contribution is -2.42. The number of carbonyl (C=O) groups excluding carboxylic acids is 4. The number of amides is 3. The zero-order valence-electron chi connectivity index (χ0n) is 31.1. The lowest BCUT2D eigenvalue weighted by atomic mass is 10.1. The number of methoxy groups -OCH3 is 1. The van der Waals surface area contributed by atoms with Crippen molar-refractivity contribution in [3.63, 3.8) is 0 Å². The number of rotatable bonds is 11. The molecule has 0 fully saturated rings. The molecule has 3 N–H and O–H groups in total. The third-order valence-corrected chi connectivity index (χ3v) is 9.00. The van der Waals surface area contributed by atoms with Crippen LogP contribution in [0.15, 0.2) is 32.4 Å². The fourth-order valence-corrected chi connectivity index (χ4v) is 6.20. The van der Waals surface area contributed by atoms with Gasteiger partial charge in [0.1, 0.15) is 23.9 Å². The molecular formula is C34H52N10O8. The standard InChI is InChI=1S/C12H20N4O2.C11H15N3O3.C11H17N3O3/c1-13-10-11-9(14-8-18-11)4-5-16(12(10)17)7-6-15(2)3;1-7(15)5-14-4-3-8-10(17-6-13-8)9(12-2)11(14)16;1-12-9-10-8(13-7-17-10)3-4-14(11(9)15)5-6-16-2/h8,10,13H,4-7H2,1-3H3;6,9,12H,3-5H2,1-2H3;7,9,12H,3-6H2,1-2H3. The number of hydrogen-bond acceptors (Lipinski definition) is 15. The monoisotopic (exact) mass is 728 g/mol. The summed E-state index contributed by atoms with van der Waals surface area (Å²) in [4.78, 5) is 67.7. The highest BCUT2D eigenvalue weighted by Gasteiger charge is 2.35. The Balaban J connectivity index is 0.000000175. The number of nitrogens with zero attached hydrogens (tertiary/aromatic N) is 7. The Bertz CT molecular complexity index is 1620. The molecule has 3 aliphatic rings. The molecule has 3 atom stereocenters. The molecule has 0 spiro atoms. The molecule has 0 saturated heterocycles. The number of nitrogens with one attached hydrogen (secondary N) is 3. The van der Waals surface area contributed by atoms with Crippen LogP contribution < -0.4 is 16.0 Å². The number of hydrogen-bond donors (Lipinski definition) is 3. The molecule has 0 aliphatic carbocycles. The fourth-order valence-electron chi connectivity index (χ4n) is 6.20. The number of oxazole rings is 3. The highest BCUT2D eigenvalue weighted by molar-refractivity contribution is 5.88. The Kier molecular flexibility index (Phi) is 15.0. The summed E-state index contributed by atoms with van der Waals surface area (Å²) in [5.74, 6) is 1.77. The van der Waals surface area contributed by atoms with Gasteiger partial charge in [0, 0.05) is 65.6 Å². The Morgan fingerprint density at radius 3 is 1.48 bits per heavy atom. The summed E-state index contributed by atoms with van der Waals surface area (Å²) in [6.07, 6.45) is 6.25. The maximum Gasteiger partial charge on any atom is 0.248 e. The van der Waals surface area contributed by atoms with E-state index in [1.807, 2.05) is 19.0 Å². The van der Waals surface area contributed by atoms with Gasteiger partial charge in [0.15, 0.2) is 36.5 Å². The minimum absolute atomic E-state index is 0.0139. The first-order valence-electron chi connectivity index (χ1n) is 17.3. The molecule has 18 nitrogen and oxygen atoms in total. The number of Topliss-reactive ketones (excluding diaryl/α,β-unsaturated/α-hetero) is 1. The topological polar surface area (TPSA) is 205 Å². The number of ketones is 1. The van der Waals surface area contributed by atoms with Crippen LogP contribution in [0.3, 0.4) is 0 Å². The van der Waals surface area contributed by atoms with Gasteiger partial charge in [-0.15, -0.1) is 0 Å². The molecular weight excluding hydrogens is 676 g/mol. The van der Waals surface area contributed by atoms with Crippen molar-refractivity contribution in [2.45, 2.75) is 44.3 Å². The van der Waals surface area contributed by atoms with E-state index in [1.54, 1.807) is 38.1 Å². The van der Waals surface area contributed by atoms with Crippen LogP contribution in [0, 0.1) is 0 Å². The van der Waals surface area contributed by atoms with E-state index in [0.717, 1.165) is 43.0 Å². The second kappa shape index (κ2) is 19.4. The first-order chi connectivity index (χ1) is 25.0. The molecule has 3 aromatic rings. The van der Waals surface area contributed by atoms with Crippen molar-refractivity contribution >= 4 is 23.5 Å². The zero-order chi connectivity index (χ0) is 37.8. The molecule has 0 radical (unpaired) electrons. The molecule has 6 rings (SSSR count). The molecule has 6 heterocycles. The van der Waals surface area contributed by atoms with E-state index in [0.29, 0.717) is 56.5 Å². The van der Waals surface area contributed by atoms with Crippen LogP contribution in [0.1, 0.15) is 59.4 Å². The number of likely N-dealkylation sites (N-methyl/N-ethyl adjacent to an activating group) is 4. The molecule has 0 bridgehead atoms. The fraction of sp³-hybridized carbons (Fsp3) is 0.618. The van der Waals surface area contributed by atoms with Gasteiger partial charge in [0.2, 0.25) is 17.7 Å². The molecule has 52 heavy (non-hydrogen) atoms. The van der Waals surface area contributed by atoms with Crippen molar-refractivity contribution in [3.8, 4) is 0 Å². The van der Waals surface area contributed by atoms with Crippen LogP contribution in [0.5, 0.6) is 0 Å². The quantitative estimate of drug-likeness (QED) is 0.233. The Hall–Kier alpha value is -4.49. The van der Waals surface area contributed by atoms with Crippen molar-refractivity contribution < 1.29 is 37.2 Å². The van der Waals surface area contributed by atoms with Gasteiger partial charge in [-0.25, -0.2) is 15.0 Å². The number of aromatic nitrogens is 3. The van der Waals surface area contributed by atoms with Crippen LogP contribution in [0.2, 0.25) is 0 Å². The van der Waals surface area contributed by atoms with E-state index >= 15 is 0 Å². The average Bonchev–Trinajstić information content (AvgIpc) is 3.86. The number of ether oxygens (including phenoxy) is 1. The van der Waals surface area contributed by atoms with E-state index in [4.69, 9.17) is 18.0 Å². The van der Waals surface area contributed by atoms with Crippen LogP contribution in [-0.4, -0.2) is 153 Å². The van der Waals surface area contributed by atoms with Gasteiger partial charge in [0.25, 0.3) is 0 Å². The maximum atomic E-state index is 12.4. The third-order valence-electron chi connectivity index (χ3n) is 9.00. The van der Waals surface area contributed by atoms with Crippen LogP contribution in [-0.2, 0) is 43.2 Å². The largest absolute Gasteiger partial charge is 0.446 e. The van der Waals surface area contributed by atoms with Crippen molar-refractivity contribution in [1.29, 1.82) is 0 Å². The first-order valence-corrected chi connectivity index (χ1v) is 17.3. The van der Waals surface area contributed by atoms with Crippen molar-refractivity contribution in [3.05, 3.63) is 53.5 Å². The van der Waals surface area contributed by atoms with Gasteiger partial charge >= 0.3 is 0 Å². The minimum Gasteiger partial charge on any atom is -0.446 e. The SMILES string of the molecule is CNC1C(=O)N(CC(C)=O)CCc2ncoc21.CNC1C(=O)N(CCN(C)C)CCc2ncoc21.CNC1C(=O)N(CCOC)CCc2ncoc21.